The van der Waals surface area contributed by atoms with Gasteiger partial charge >= 0.3 is 0 Å². The van der Waals surface area contributed by atoms with E-state index in [2.05, 4.69) is 181 Å². The van der Waals surface area contributed by atoms with E-state index in [0.29, 0.717) is 35.5 Å². The third-order valence-corrected chi connectivity index (χ3v) is 8.25. The van der Waals surface area contributed by atoms with Crippen LogP contribution < -0.4 is 0 Å². The van der Waals surface area contributed by atoms with E-state index >= 15 is 0 Å². The molecule has 0 unspecified atom stereocenters. The van der Waals surface area contributed by atoms with Gasteiger partial charge in [-0.1, -0.05) is 138 Å². The summed E-state index contributed by atoms with van der Waals surface area (Å²) < 4.78 is 0. The van der Waals surface area contributed by atoms with Crippen molar-refractivity contribution in [3.05, 3.63) is 180 Å². The molecule has 56 heavy (non-hydrogen) atoms. The van der Waals surface area contributed by atoms with E-state index in [4.69, 9.17) is 0 Å². The van der Waals surface area contributed by atoms with Crippen LogP contribution in [0.25, 0.3) is 0 Å². The number of hydrogen-bond acceptors (Lipinski definition) is 6. The molecule has 0 fully saturated rings. The summed E-state index contributed by atoms with van der Waals surface area (Å²) in [6.45, 7) is 29.9. The zero-order valence-electron chi connectivity index (χ0n) is 36.8. The summed E-state index contributed by atoms with van der Waals surface area (Å²) in [4.78, 5) is 24.9. The minimum atomic E-state index is 0.436. The number of benzene rings is 1. The molecule has 0 N–H and O–H groups in total. The zero-order chi connectivity index (χ0) is 41.9. The van der Waals surface area contributed by atoms with Gasteiger partial charge < -0.3 is 0 Å². The number of nitrogens with zero attached hydrogens (tertiary/aromatic N) is 6. The van der Waals surface area contributed by atoms with Crippen LogP contribution in [0.1, 0.15) is 164 Å². The Hall–Kier alpha value is -5.10. The highest BCUT2D eigenvalue weighted by Crippen LogP contribution is 2.13. The van der Waals surface area contributed by atoms with E-state index in [9.17, 15) is 0 Å². The molecule has 1 aromatic carbocycles. The quantitative estimate of drug-likeness (QED) is 0.168. The van der Waals surface area contributed by atoms with E-state index in [-0.39, 0.29) is 0 Å². The maximum atomic E-state index is 4.28. The Morgan fingerprint density at radius 3 is 1.05 bits per heavy atom. The van der Waals surface area contributed by atoms with Crippen LogP contribution in [0.5, 0.6) is 0 Å². The fourth-order valence-corrected chi connectivity index (χ4v) is 4.52. The highest BCUT2D eigenvalue weighted by atomic mass is 14.9. The first kappa shape index (κ1) is 48.9. The molecule has 6 nitrogen and oxygen atoms in total. The Labute approximate surface area is 340 Å². The van der Waals surface area contributed by atoms with Crippen LogP contribution >= 0.6 is 0 Å². The molecule has 0 aliphatic rings. The monoisotopic (exact) mass is 755 g/mol. The van der Waals surface area contributed by atoms with Gasteiger partial charge in [-0.25, -0.2) is 9.97 Å². The predicted molar refractivity (Wildman–Crippen MR) is 239 cm³/mol. The molecule has 0 aliphatic heterocycles. The lowest BCUT2D eigenvalue weighted by molar-refractivity contribution is 0.774. The van der Waals surface area contributed by atoms with Gasteiger partial charge in [0, 0.05) is 66.4 Å². The number of pyridine rings is 4. The minimum Gasteiger partial charge on any atom is -0.264 e. The fraction of sp³-hybridized carbons (Fsp3) is 0.400. The van der Waals surface area contributed by atoms with Crippen molar-refractivity contribution in [3.8, 4) is 0 Å². The first-order valence-electron chi connectivity index (χ1n) is 20.1. The summed E-state index contributed by atoms with van der Waals surface area (Å²) in [5, 5.41) is 0. The molecule has 300 valence electrons. The predicted octanol–water partition coefficient (Wildman–Crippen LogP) is 13.8. The van der Waals surface area contributed by atoms with E-state index < -0.39 is 0 Å². The van der Waals surface area contributed by atoms with Gasteiger partial charge in [-0.3, -0.25) is 19.9 Å². The summed E-state index contributed by atoms with van der Waals surface area (Å²) in [5.74, 6) is 4.24. The molecule has 6 heteroatoms. The van der Waals surface area contributed by atoms with Gasteiger partial charge in [0.25, 0.3) is 0 Å². The molecule has 0 amide bonds. The molecule has 5 aromatic heterocycles. The van der Waals surface area contributed by atoms with Gasteiger partial charge in [-0.2, -0.15) is 0 Å². The van der Waals surface area contributed by atoms with Crippen molar-refractivity contribution in [1.29, 1.82) is 0 Å². The third kappa shape index (κ3) is 22.3. The molecule has 0 aliphatic carbocycles. The number of aryl methyl sites for hydroxylation is 2. The van der Waals surface area contributed by atoms with Crippen molar-refractivity contribution in [1.82, 2.24) is 29.9 Å². The summed E-state index contributed by atoms with van der Waals surface area (Å²) in [6, 6.07) is 30.8. The lowest BCUT2D eigenvalue weighted by Crippen LogP contribution is -1.93. The van der Waals surface area contributed by atoms with Crippen LogP contribution in [0.3, 0.4) is 0 Å². The second-order valence-electron chi connectivity index (χ2n) is 15.5. The normalized spacial score (nSPS) is 10.2. The van der Waals surface area contributed by atoms with E-state index in [0.717, 1.165) is 11.5 Å². The van der Waals surface area contributed by atoms with Crippen LogP contribution in [0.4, 0.5) is 0 Å². The van der Waals surface area contributed by atoms with Crippen molar-refractivity contribution in [2.24, 2.45) is 0 Å². The van der Waals surface area contributed by atoms with Gasteiger partial charge in [-0.05, 0) is 102 Å². The van der Waals surface area contributed by atoms with Gasteiger partial charge in [-0.15, -0.1) is 0 Å². The number of hydrogen-bond donors (Lipinski definition) is 0. The van der Waals surface area contributed by atoms with Crippen LogP contribution in [-0.4, -0.2) is 29.9 Å². The van der Waals surface area contributed by atoms with Crippen molar-refractivity contribution >= 4 is 0 Å². The first-order chi connectivity index (χ1) is 26.6. The Morgan fingerprint density at radius 2 is 0.768 bits per heavy atom. The molecule has 0 saturated heterocycles. The minimum absolute atomic E-state index is 0.436. The standard InChI is InChI=1S/2C9H13N.C9H12.2C8H11N.C7H10N2/c2*1-7(2)9-5-4-8(3)6-10-9;1-8(2)9-6-4-3-5-7-9;1-7(2)8-4-3-5-9-6-8;1-7(2)8-5-3-4-6-9-8;1-6(2)7-8-4-3-5-9-7/h2*4-7H,1-3H3;3-8H,1-2H3;2*3-7H,1-2H3;3-6H,1-2H3. The largest absolute Gasteiger partial charge is 0.264 e. The molecular formula is C50H70N6. The van der Waals surface area contributed by atoms with Gasteiger partial charge in [0.15, 0.2) is 0 Å². The summed E-state index contributed by atoms with van der Waals surface area (Å²) in [7, 11) is 0. The molecular weight excluding hydrogens is 685 g/mol. The van der Waals surface area contributed by atoms with Crippen LogP contribution in [0, 0.1) is 13.8 Å². The molecule has 0 radical (unpaired) electrons. The SMILES string of the molecule is CC(C)c1ccccc1.CC(C)c1ccccn1.CC(C)c1cccnc1.CC(C)c1ncccn1.Cc1ccc(C(C)C)nc1.Cc1ccc(C(C)C)nc1. The lowest BCUT2D eigenvalue weighted by atomic mass is 10.0. The van der Waals surface area contributed by atoms with E-state index in [1.165, 1.54) is 33.6 Å². The van der Waals surface area contributed by atoms with Gasteiger partial charge in [0.05, 0.1) is 0 Å². The molecule has 6 aromatic rings. The van der Waals surface area contributed by atoms with Crippen molar-refractivity contribution in [2.75, 3.05) is 0 Å². The topological polar surface area (TPSA) is 77.3 Å². The van der Waals surface area contributed by atoms with E-state index in [1.54, 1.807) is 18.6 Å². The molecule has 0 bridgehead atoms. The van der Waals surface area contributed by atoms with Crippen molar-refractivity contribution in [2.45, 2.75) is 132 Å². The number of rotatable bonds is 6. The molecule has 0 spiro atoms. The van der Waals surface area contributed by atoms with Gasteiger partial charge in [0.1, 0.15) is 5.82 Å². The average molecular weight is 755 g/mol. The Bertz CT molecular complexity index is 1550. The maximum absolute atomic E-state index is 4.28. The first-order valence-corrected chi connectivity index (χ1v) is 20.1. The average Bonchev–Trinajstić information content (AvgIpc) is 3.21. The van der Waals surface area contributed by atoms with E-state index in [1.807, 2.05) is 61.2 Å². The molecule has 0 atom stereocenters. The third-order valence-electron chi connectivity index (χ3n) is 8.25. The lowest BCUT2D eigenvalue weighted by Gasteiger charge is -2.02. The highest BCUT2D eigenvalue weighted by Gasteiger charge is 2.00. The fourth-order valence-electron chi connectivity index (χ4n) is 4.52. The Kier molecular flexibility index (Phi) is 24.7. The highest BCUT2D eigenvalue weighted by molar-refractivity contribution is 5.18. The Balaban J connectivity index is 0.000000336. The second-order valence-corrected chi connectivity index (χ2v) is 15.5. The molecule has 5 heterocycles. The van der Waals surface area contributed by atoms with Crippen LogP contribution in [0.15, 0.2) is 134 Å². The van der Waals surface area contributed by atoms with Crippen LogP contribution in [-0.2, 0) is 0 Å². The van der Waals surface area contributed by atoms with Crippen molar-refractivity contribution in [3.63, 3.8) is 0 Å². The molecule has 0 saturated carbocycles. The smallest absolute Gasteiger partial charge is 0.130 e. The summed E-state index contributed by atoms with van der Waals surface area (Å²) >= 11 is 0. The molecule has 6 rings (SSSR count). The van der Waals surface area contributed by atoms with Crippen LogP contribution in [0.2, 0.25) is 0 Å². The second kappa shape index (κ2) is 28.3. The maximum Gasteiger partial charge on any atom is 0.130 e. The number of aromatic nitrogens is 6. The Morgan fingerprint density at radius 1 is 0.321 bits per heavy atom. The van der Waals surface area contributed by atoms with Gasteiger partial charge in [0.2, 0.25) is 0 Å². The van der Waals surface area contributed by atoms with Crippen molar-refractivity contribution < 1.29 is 0 Å². The zero-order valence-corrected chi connectivity index (χ0v) is 36.8. The summed E-state index contributed by atoms with van der Waals surface area (Å²) in [5.41, 5.74) is 8.68. The summed E-state index contributed by atoms with van der Waals surface area (Å²) in [6.07, 6.45) is 12.9.